The molecule has 142 valence electrons. The van der Waals surface area contributed by atoms with Gasteiger partial charge in [-0.3, -0.25) is 0 Å². The molecule has 0 N–H and O–H groups in total. The van der Waals surface area contributed by atoms with Crippen molar-refractivity contribution in [2.45, 2.75) is 32.4 Å². The lowest BCUT2D eigenvalue weighted by Crippen LogP contribution is -2.10. The fraction of sp³-hybridized carbons (Fsp3) is 0.421. The van der Waals surface area contributed by atoms with Crippen molar-refractivity contribution in [2.75, 3.05) is 13.2 Å². The predicted molar refractivity (Wildman–Crippen MR) is 97.3 cm³/mol. The van der Waals surface area contributed by atoms with E-state index in [2.05, 4.69) is 15.0 Å². The molecule has 1 fully saturated rings. The zero-order chi connectivity index (χ0) is 19.1. The first-order valence-electron chi connectivity index (χ1n) is 8.81. The van der Waals surface area contributed by atoms with E-state index < -0.39 is 0 Å². The summed E-state index contributed by atoms with van der Waals surface area (Å²) < 4.78 is 30.7. The Bertz CT molecular complexity index is 805. The highest BCUT2D eigenvalue weighted by Crippen LogP contribution is 2.30. The van der Waals surface area contributed by atoms with Crippen LogP contribution in [0.4, 0.5) is 4.39 Å². The molecule has 7 nitrogen and oxygen atoms in total. The van der Waals surface area contributed by atoms with E-state index in [1.165, 1.54) is 25.1 Å². The second kappa shape index (κ2) is 9.09. The van der Waals surface area contributed by atoms with Crippen LogP contribution in [-0.2, 0) is 6.61 Å². The van der Waals surface area contributed by atoms with Crippen molar-refractivity contribution >= 4 is 0 Å². The molecule has 0 spiro atoms. The minimum Gasteiger partial charge on any atom is -0.493 e. The average molecular weight is 372 g/mol. The van der Waals surface area contributed by atoms with Crippen LogP contribution in [0.25, 0.3) is 10.4 Å². The molecular weight excluding hydrogens is 351 g/mol. The lowest BCUT2D eigenvalue weighted by Gasteiger charge is -2.10. The first-order chi connectivity index (χ1) is 13.1. The van der Waals surface area contributed by atoms with Crippen LogP contribution in [0.2, 0.25) is 0 Å². The monoisotopic (exact) mass is 372 g/mol. The molecule has 27 heavy (non-hydrogen) atoms. The number of aromatic nitrogens is 1. The van der Waals surface area contributed by atoms with Gasteiger partial charge < -0.3 is 14.2 Å². The van der Waals surface area contributed by atoms with E-state index in [1.54, 1.807) is 31.2 Å². The minimum absolute atomic E-state index is 0.0653. The summed E-state index contributed by atoms with van der Waals surface area (Å²) >= 11 is 0. The van der Waals surface area contributed by atoms with Gasteiger partial charge in [0, 0.05) is 22.6 Å². The average Bonchev–Trinajstić information content (AvgIpc) is 3.49. The highest BCUT2D eigenvalue weighted by molar-refractivity contribution is 5.29. The van der Waals surface area contributed by atoms with Crippen molar-refractivity contribution in [3.8, 4) is 17.4 Å². The van der Waals surface area contributed by atoms with Gasteiger partial charge in [0.05, 0.1) is 25.5 Å². The summed E-state index contributed by atoms with van der Waals surface area (Å²) in [6.07, 6.45) is 3.89. The highest BCUT2D eigenvalue weighted by Gasteiger charge is 2.22. The second-order valence-electron chi connectivity index (χ2n) is 6.49. The van der Waals surface area contributed by atoms with E-state index in [1.807, 2.05) is 0 Å². The first-order valence-corrected chi connectivity index (χ1v) is 8.81. The Morgan fingerprint density at radius 3 is 2.70 bits per heavy atom. The van der Waals surface area contributed by atoms with Crippen molar-refractivity contribution in [2.24, 2.45) is 11.0 Å². The molecule has 0 aliphatic heterocycles. The molecule has 1 heterocycles. The van der Waals surface area contributed by atoms with Crippen molar-refractivity contribution in [1.29, 1.82) is 0 Å². The second-order valence-corrected chi connectivity index (χ2v) is 6.49. The highest BCUT2D eigenvalue weighted by atomic mass is 19.1. The van der Waals surface area contributed by atoms with Gasteiger partial charge >= 0.3 is 0 Å². The van der Waals surface area contributed by atoms with Crippen LogP contribution in [-0.4, -0.2) is 24.2 Å². The zero-order valence-corrected chi connectivity index (χ0v) is 15.0. The van der Waals surface area contributed by atoms with Gasteiger partial charge in [0.15, 0.2) is 0 Å². The lowest BCUT2D eigenvalue weighted by molar-refractivity contribution is 0.278. The minimum atomic E-state index is -0.365. The molecule has 0 radical (unpaired) electrons. The number of pyridine rings is 1. The smallest absolute Gasteiger partial charge is 0.213 e. The van der Waals surface area contributed by atoms with Gasteiger partial charge in [0.1, 0.15) is 23.9 Å². The lowest BCUT2D eigenvalue weighted by atomic mass is 10.2. The van der Waals surface area contributed by atoms with Crippen molar-refractivity contribution < 1.29 is 18.6 Å². The van der Waals surface area contributed by atoms with Crippen molar-refractivity contribution in [3.63, 3.8) is 0 Å². The third kappa shape index (κ3) is 6.04. The van der Waals surface area contributed by atoms with Crippen LogP contribution >= 0.6 is 0 Å². The fourth-order valence-electron chi connectivity index (χ4n) is 2.26. The van der Waals surface area contributed by atoms with Crippen LogP contribution in [0, 0.1) is 11.7 Å². The third-order valence-corrected chi connectivity index (χ3v) is 4.03. The number of hydrogen-bond acceptors (Lipinski definition) is 5. The van der Waals surface area contributed by atoms with Gasteiger partial charge in [-0.15, -0.1) is 0 Å². The Hall–Kier alpha value is -2.99. The summed E-state index contributed by atoms with van der Waals surface area (Å²) in [4.78, 5) is 6.84. The Labute approximate surface area is 156 Å². The molecule has 0 saturated heterocycles. The van der Waals surface area contributed by atoms with E-state index in [0.29, 0.717) is 35.5 Å². The van der Waals surface area contributed by atoms with Crippen molar-refractivity contribution in [1.82, 2.24) is 4.98 Å². The molecule has 1 aromatic heterocycles. The number of nitrogens with zero attached hydrogens (tertiary/aromatic N) is 4. The van der Waals surface area contributed by atoms with E-state index in [9.17, 15) is 4.39 Å². The summed E-state index contributed by atoms with van der Waals surface area (Å²) in [7, 11) is 0. The number of ether oxygens (including phenoxy) is 3. The number of rotatable bonds is 10. The maximum Gasteiger partial charge on any atom is 0.213 e. The van der Waals surface area contributed by atoms with Crippen LogP contribution in [0.1, 0.15) is 25.3 Å². The molecule has 8 heteroatoms. The van der Waals surface area contributed by atoms with Crippen molar-refractivity contribution in [3.05, 3.63) is 58.4 Å². The fourth-order valence-corrected chi connectivity index (χ4v) is 2.26. The predicted octanol–water partition coefficient (Wildman–Crippen LogP) is 4.67. The van der Waals surface area contributed by atoms with Gasteiger partial charge in [-0.05, 0) is 42.5 Å². The Kier molecular flexibility index (Phi) is 6.33. The van der Waals surface area contributed by atoms with Crippen LogP contribution in [0.5, 0.6) is 17.4 Å². The molecule has 0 amide bonds. The maximum atomic E-state index is 14.2. The largest absolute Gasteiger partial charge is 0.493 e. The molecule has 1 atom stereocenters. The van der Waals surface area contributed by atoms with Gasteiger partial charge in [-0.25, -0.2) is 9.37 Å². The zero-order valence-electron chi connectivity index (χ0n) is 15.0. The Balaban J connectivity index is 1.48. The summed E-state index contributed by atoms with van der Waals surface area (Å²) in [5, 5.41) is 3.52. The quantitative estimate of drug-likeness (QED) is 0.344. The number of halogens is 1. The molecule has 1 unspecified atom stereocenters. The molecule has 3 rings (SSSR count). The van der Waals surface area contributed by atoms with Gasteiger partial charge in [-0.1, -0.05) is 12.0 Å². The normalized spacial score (nSPS) is 14.1. The molecule has 2 aromatic rings. The van der Waals surface area contributed by atoms with Gasteiger partial charge in [-0.2, -0.15) is 0 Å². The molecular formula is C19H21FN4O3. The number of benzene rings is 1. The third-order valence-electron chi connectivity index (χ3n) is 4.03. The number of hydrogen-bond donors (Lipinski definition) is 0. The summed E-state index contributed by atoms with van der Waals surface area (Å²) in [6, 6.07) is 7.85. The molecule has 1 aliphatic rings. The Morgan fingerprint density at radius 2 is 2.04 bits per heavy atom. The summed E-state index contributed by atoms with van der Waals surface area (Å²) in [5.74, 6) is 1.69. The molecule has 0 bridgehead atoms. The van der Waals surface area contributed by atoms with E-state index in [4.69, 9.17) is 19.7 Å². The van der Waals surface area contributed by atoms with Crippen LogP contribution < -0.4 is 14.2 Å². The summed E-state index contributed by atoms with van der Waals surface area (Å²) in [6.45, 7) is 2.72. The van der Waals surface area contributed by atoms with Crippen LogP contribution in [0.3, 0.4) is 0 Å². The van der Waals surface area contributed by atoms with Crippen LogP contribution in [0.15, 0.2) is 41.6 Å². The van der Waals surface area contributed by atoms with E-state index >= 15 is 0 Å². The maximum absolute atomic E-state index is 14.2. The molecule has 1 aliphatic carbocycles. The number of azide groups is 1. The first kappa shape index (κ1) is 18.8. The van der Waals surface area contributed by atoms with E-state index in [-0.39, 0.29) is 25.1 Å². The SMILES string of the molecule is CC(COc1ccc(OCc2ccc(OCC3CC3)cc2F)nc1)N=[N+]=[N-]. The Morgan fingerprint density at radius 1 is 1.22 bits per heavy atom. The molecule has 1 saturated carbocycles. The summed E-state index contributed by atoms with van der Waals surface area (Å²) in [5.41, 5.74) is 8.78. The standard InChI is InChI=1S/C19H21FN4O3/c1-13(23-24-21)10-25-17-6-7-19(22-9-17)27-12-15-4-5-16(8-18(15)20)26-11-14-2-3-14/h4-9,13-14H,2-3,10-12H2,1H3. The van der Waals surface area contributed by atoms with E-state index in [0.717, 1.165) is 0 Å². The van der Waals surface area contributed by atoms with Gasteiger partial charge in [0.25, 0.3) is 0 Å². The van der Waals surface area contributed by atoms with Gasteiger partial charge in [0.2, 0.25) is 5.88 Å². The topological polar surface area (TPSA) is 89.3 Å². The molecule has 1 aromatic carbocycles.